The molecule has 2 atom stereocenters. The van der Waals surface area contributed by atoms with Crippen molar-refractivity contribution in [2.75, 3.05) is 6.54 Å². The third-order valence-electron chi connectivity index (χ3n) is 4.74. The van der Waals surface area contributed by atoms with Gasteiger partial charge >= 0.3 is 0 Å². The van der Waals surface area contributed by atoms with Crippen LogP contribution in [-0.2, 0) is 6.54 Å². The minimum Gasteiger partial charge on any atom is -0.311 e. The normalized spacial score (nSPS) is 29.1. The van der Waals surface area contributed by atoms with Gasteiger partial charge in [0.15, 0.2) is 0 Å². The molecule has 0 saturated carbocycles. The van der Waals surface area contributed by atoms with Gasteiger partial charge in [-0.3, -0.25) is 4.90 Å². The summed E-state index contributed by atoms with van der Waals surface area (Å²) in [6.07, 6.45) is 5.40. The lowest BCUT2D eigenvalue weighted by atomic mass is 9.97. The number of benzene rings is 1. The third kappa shape index (κ3) is 3.29. The second-order valence-corrected chi connectivity index (χ2v) is 7.78. The fourth-order valence-corrected chi connectivity index (χ4v) is 4.37. The fraction of sp³-hybridized carbons (Fsp3) is 0.625. The molecule has 0 aromatic heterocycles. The topological polar surface area (TPSA) is 15.3 Å². The number of hydrogen-bond acceptors (Lipinski definition) is 2. The summed E-state index contributed by atoms with van der Waals surface area (Å²) in [6.45, 7) is 4.49. The minimum absolute atomic E-state index is 0.751. The zero-order valence-electron chi connectivity index (χ0n) is 11.9. The Bertz CT molecular complexity index is 466. The molecule has 2 aliphatic rings. The Morgan fingerprint density at radius 3 is 2.45 bits per heavy atom. The molecule has 2 saturated heterocycles. The van der Waals surface area contributed by atoms with E-state index in [1.165, 1.54) is 31.2 Å². The summed E-state index contributed by atoms with van der Waals surface area (Å²) < 4.78 is 2.28. The highest BCUT2D eigenvalue weighted by Crippen LogP contribution is 2.31. The molecular formula is C16H22Br2N2. The van der Waals surface area contributed by atoms with E-state index in [1.807, 2.05) is 0 Å². The maximum Gasteiger partial charge on any atom is 0.0320 e. The quantitative estimate of drug-likeness (QED) is 0.808. The maximum absolute atomic E-state index is 3.74. The van der Waals surface area contributed by atoms with Gasteiger partial charge in [-0.05, 0) is 81.8 Å². The molecule has 1 aromatic rings. The van der Waals surface area contributed by atoms with E-state index >= 15 is 0 Å². The monoisotopic (exact) mass is 400 g/mol. The molecule has 2 heterocycles. The lowest BCUT2D eigenvalue weighted by Gasteiger charge is -2.37. The van der Waals surface area contributed by atoms with Gasteiger partial charge in [0.2, 0.25) is 0 Å². The van der Waals surface area contributed by atoms with Crippen LogP contribution in [0.2, 0.25) is 0 Å². The van der Waals surface area contributed by atoms with E-state index in [2.05, 4.69) is 67.2 Å². The molecule has 0 spiro atoms. The molecule has 2 bridgehead atoms. The smallest absolute Gasteiger partial charge is 0.0320 e. The summed E-state index contributed by atoms with van der Waals surface area (Å²) in [5, 5.41) is 3.74. The molecule has 1 N–H and O–H groups in total. The van der Waals surface area contributed by atoms with E-state index in [1.54, 1.807) is 0 Å². The third-order valence-corrected chi connectivity index (χ3v) is 6.62. The minimum atomic E-state index is 0.751. The van der Waals surface area contributed by atoms with Crippen molar-refractivity contribution >= 4 is 31.9 Å². The molecule has 1 aromatic carbocycles. The highest BCUT2D eigenvalue weighted by Gasteiger charge is 2.35. The number of nitrogens with one attached hydrogen (secondary N) is 1. The summed E-state index contributed by atoms with van der Waals surface area (Å²) in [6, 6.07) is 8.89. The molecule has 3 rings (SSSR count). The van der Waals surface area contributed by atoms with Crippen molar-refractivity contribution in [1.29, 1.82) is 0 Å². The van der Waals surface area contributed by atoms with Crippen LogP contribution in [0.15, 0.2) is 27.1 Å². The van der Waals surface area contributed by atoms with E-state index in [0.29, 0.717) is 0 Å². The number of rotatable bonds is 4. The van der Waals surface area contributed by atoms with Crippen LogP contribution in [0, 0.1) is 0 Å². The second kappa shape index (κ2) is 6.47. The fourth-order valence-electron chi connectivity index (χ4n) is 3.70. The van der Waals surface area contributed by atoms with Gasteiger partial charge in [-0.25, -0.2) is 0 Å². The summed E-state index contributed by atoms with van der Waals surface area (Å²) in [5.74, 6) is 0. The molecule has 0 amide bonds. The Kier molecular flexibility index (Phi) is 4.86. The van der Waals surface area contributed by atoms with Crippen molar-refractivity contribution in [3.63, 3.8) is 0 Å². The van der Waals surface area contributed by atoms with Crippen LogP contribution in [0.4, 0.5) is 0 Å². The van der Waals surface area contributed by atoms with Gasteiger partial charge < -0.3 is 5.32 Å². The number of fused-ring (bicyclic) bond motifs is 2. The van der Waals surface area contributed by atoms with Crippen LogP contribution >= 0.6 is 31.9 Å². The van der Waals surface area contributed by atoms with Crippen molar-refractivity contribution in [2.24, 2.45) is 0 Å². The average molecular weight is 402 g/mol. The maximum atomic E-state index is 3.74. The van der Waals surface area contributed by atoms with Crippen LogP contribution < -0.4 is 5.32 Å². The number of piperidine rings is 1. The summed E-state index contributed by atoms with van der Waals surface area (Å²) in [7, 11) is 0. The molecule has 110 valence electrons. The van der Waals surface area contributed by atoms with Crippen molar-refractivity contribution in [1.82, 2.24) is 10.2 Å². The van der Waals surface area contributed by atoms with E-state index in [9.17, 15) is 0 Å². The van der Waals surface area contributed by atoms with Gasteiger partial charge in [-0.15, -0.1) is 0 Å². The lowest BCUT2D eigenvalue weighted by Crippen LogP contribution is -2.47. The summed E-state index contributed by atoms with van der Waals surface area (Å²) in [5.41, 5.74) is 1.40. The Morgan fingerprint density at radius 2 is 1.85 bits per heavy atom. The Labute approximate surface area is 138 Å². The molecule has 2 unspecified atom stereocenters. The van der Waals surface area contributed by atoms with Gasteiger partial charge in [0.25, 0.3) is 0 Å². The zero-order valence-corrected chi connectivity index (χ0v) is 15.1. The van der Waals surface area contributed by atoms with Gasteiger partial charge in [-0.2, -0.15) is 0 Å². The average Bonchev–Trinajstić information content (AvgIpc) is 2.78. The highest BCUT2D eigenvalue weighted by atomic mass is 79.9. The number of hydrogen-bond donors (Lipinski definition) is 1. The standard InChI is InChI=1S/C16H22Br2N2/c1-2-20(10-11-3-6-15(17)16(18)7-11)14-8-12-4-5-13(9-14)19-12/h3,6-7,12-14,19H,2,4-5,8-10H2,1H3. The largest absolute Gasteiger partial charge is 0.311 e. The number of halogens is 2. The van der Waals surface area contributed by atoms with Crippen LogP contribution in [0.5, 0.6) is 0 Å². The van der Waals surface area contributed by atoms with Crippen LogP contribution in [-0.4, -0.2) is 29.6 Å². The second-order valence-electron chi connectivity index (χ2n) is 6.07. The predicted molar refractivity (Wildman–Crippen MR) is 90.9 cm³/mol. The van der Waals surface area contributed by atoms with E-state index in [4.69, 9.17) is 0 Å². The van der Waals surface area contributed by atoms with Crippen LogP contribution in [0.25, 0.3) is 0 Å². The Hall–Kier alpha value is 0.1000. The molecule has 0 radical (unpaired) electrons. The molecular weight excluding hydrogens is 380 g/mol. The Balaban J connectivity index is 1.68. The van der Waals surface area contributed by atoms with Crippen LogP contribution in [0.3, 0.4) is 0 Å². The molecule has 0 aliphatic carbocycles. The predicted octanol–water partition coefficient (Wildman–Crippen LogP) is 4.32. The molecule has 20 heavy (non-hydrogen) atoms. The van der Waals surface area contributed by atoms with Crippen molar-refractivity contribution in [2.45, 2.75) is 57.3 Å². The van der Waals surface area contributed by atoms with Crippen molar-refractivity contribution < 1.29 is 0 Å². The Morgan fingerprint density at radius 1 is 1.15 bits per heavy atom. The van der Waals surface area contributed by atoms with Gasteiger partial charge in [0.05, 0.1) is 0 Å². The van der Waals surface area contributed by atoms with Gasteiger partial charge in [-0.1, -0.05) is 13.0 Å². The number of nitrogens with zero attached hydrogens (tertiary/aromatic N) is 1. The van der Waals surface area contributed by atoms with E-state index in [-0.39, 0.29) is 0 Å². The van der Waals surface area contributed by atoms with Crippen LogP contribution in [0.1, 0.15) is 38.2 Å². The first-order chi connectivity index (χ1) is 9.65. The van der Waals surface area contributed by atoms with E-state index < -0.39 is 0 Å². The molecule has 4 heteroatoms. The van der Waals surface area contributed by atoms with E-state index in [0.717, 1.165) is 40.2 Å². The van der Waals surface area contributed by atoms with Gasteiger partial charge in [0, 0.05) is 33.6 Å². The first kappa shape index (κ1) is 15.0. The zero-order chi connectivity index (χ0) is 14.1. The molecule has 2 fully saturated rings. The lowest BCUT2D eigenvalue weighted by molar-refractivity contribution is 0.140. The summed E-state index contributed by atoms with van der Waals surface area (Å²) in [4.78, 5) is 2.65. The first-order valence-electron chi connectivity index (χ1n) is 7.59. The highest BCUT2D eigenvalue weighted by molar-refractivity contribution is 9.13. The van der Waals surface area contributed by atoms with Crippen molar-refractivity contribution in [3.8, 4) is 0 Å². The first-order valence-corrected chi connectivity index (χ1v) is 9.18. The summed E-state index contributed by atoms with van der Waals surface area (Å²) >= 11 is 7.15. The SMILES string of the molecule is CCN(Cc1ccc(Br)c(Br)c1)C1CC2CCC(C1)N2. The molecule has 2 nitrogen and oxygen atoms in total. The molecule has 2 aliphatic heterocycles. The van der Waals surface area contributed by atoms with Gasteiger partial charge in [0.1, 0.15) is 0 Å². The van der Waals surface area contributed by atoms with Crippen molar-refractivity contribution in [3.05, 3.63) is 32.7 Å².